The van der Waals surface area contributed by atoms with E-state index in [-0.39, 0.29) is 0 Å². The number of carbonyl (C=O) groups is 1. The first kappa shape index (κ1) is 18.6. The lowest BCUT2D eigenvalue weighted by Gasteiger charge is -2.17. The number of hydrogen-bond acceptors (Lipinski definition) is 1. The Kier molecular flexibility index (Phi) is 12.8. The van der Waals surface area contributed by atoms with Crippen molar-refractivity contribution >= 4 is 5.97 Å². The molecule has 2 nitrogen and oxygen atoms in total. The molecule has 0 radical (unpaired) electrons. The van der Waals surface area contributed by atoms with Crippen LogP contribution >= 0.6 is 0 Å². The maximum Gasteiger partial charge on any atom is 0.303 e. The molecule has 0 aromatic rings. The fourth-order valence-electron chi connectivity index (χ4n) is 1.64. The number of unbranched alkanes of at least 4 members (excludes halogenated alkanes) is 5. The topological polar surface area (TPSA) is 37.3 Å². The van der Waals surface area contributed by atoms with Gasteiger partial charge in [-0.2, -0.15) is 0 Å². The van der Waals surface area contributed by atoms with Crippen LogP contribution in [0.4, 0.5) is 0 Å². The predicted octanol–water partition coefficient (Wildman–Crippen LogP) is 5.04. The first-order chi connectivity index (χ1) is 7.92. The third-order valence-corrected chi connectivity index (χ3v) is 2.57. The quantitative estimate of drug-likeness (QED) is 0.478. The molecule has 2 heteroatoms. The van der Waals surface area contributed by atoms with E-state index >= 15 is 0 Å². The van der Waals surface area contributed by atoms with Gasteiger partial charge in [0.1, 0.15) is 0 Å². The Morgan fingerprint density at radius 3 is 1.76 bits per heavy atom. The lowest BCUT2D eigenvalue weighted by Crippen LogP contribution is -2.03. The highest BCUT2D eigenvalue weighted by atomic mass is 16.4. The van der Waals surface area contributed by atoms with Crippen LogP contribution in [0.15, 0.2) is 13.2 Å². The molecule has 0 aromatic heterocycles. The summed E-state index contributed by atoms with van der Waals surface area (Å²) in [6.45, 7) is 12.8. The summed E-state index contributed by atoms with van der Waals surface area (Å²) >= 11 is 0. The Morgan fingerprint density at radius 2 is 1.35 bits per heavy atom. The van der Waals surface area contributed by atoms with E-state index in [2.05, 4.69) is 33.9 Å². The number of carboxylic acid groups (broad SMARTS) is 1. The molecule has 0 saturated heterocycles. The lowest BCUT2D eigenvalue weighted by molar-refractivity contribution is -0.137. The number of hydrogen-bond donors (Lipinski definition) is 1. The van der Waals surface area contributed by atoms with Gasteiger partial charge in [-0.3, -0.25) is 4.79 Å². The monoisotopic (exact) mass is 242 g/mol. The Morgan fingerprint density at radius 1 is 0.941 bits per heavy atom. The molecule has 1 N–H and O–H groups in total. The molecule has 0 aliphatic rings. The number of aliphatic carboxylic acids is 1. The average molecular weight is 242 g/mol. The molecule has 0 saturated carbocycles. The molecule has 0 heterocycles. The predicted molar refractivity (Wildman–Crippen MR) is 75.3 cm³/mol. The smallest absolute Gasteiger partial charge is 0.303 e. The molecule has 0 bridgehead atoms. The molecule has 0 aliphatic carbocycles. The van der Waals surface area contributed by atoms with Crippen LogP contribution in [0.25, 0.3) is 0 Å². The SMILES string of the molecule is C=C.CC(C)(C)CCCCCCCCC(=O)O. The van der Waals surface area contributed by atoms with E-state index < -0.39 is 5.97 Å². The van der Waals surface area contributed by atoms with Crippen LogP contribution in [0.1, 0.15) is 72.1 Å². The largest absolute Gasteiger partial charge is 0.481 e. The van der Waals surface area contributed by atoms with E-state index in [1.54, 1.807) is 0 Å². The molecule has 0 aliphatic heterocycles. The zero-order valence-electron chi connectivity index (χ0n) is 11.9. The van der Waals surface area contributed by atoms with Crippen LogP contribution in [-0.4, -0.2) is 11.1 Å². The maximum atomic E-state index is 10.2. The summed E-state index contributed by atoms with van der Waals surface area (Å²) in [6.07, 6.45) is 8.60. The van der Waals surface area contributed by atoms with Gasteiger partial charge in [0.2, 0.25) is 0 Å². The number of rotatable bonds is 8. The molecule has 0 atom stereocenters. The van der Waals surface area contributed by atoms with Gasteiger partial charge in [-0.15, -0.1) is 13.2 Å². The highest BCUT2D eigenvalue weighted by Crippen LogP contribution is 2.22. The van der Waals surface area contributed by atoms with E-state index in [1.807, 2.05) is 0 Å². The summed E-state index contributed by atoms with van der Waals surface area (Å²) in [5.41, 5.74) is 0.462. The molecule has 0 spiro atoms. The summed E-state index contributed by atoms with van der Waals surface area (Å²) in [4.78, 5) is 10.2. The zero-order valence-corrected chi connectivity index (χ0v) is 11.9. The van der Waals surface area contributed by atoms with Crippen molar-refractivity contribution in [3.05, 3.63) is 13.2 Å². The van der Waals surface area contributed by atoms with Gasteiger partial charge in [-0.05, 0) is 18.3 Å². The third kappa shape index (κ3) is 21.1. The Labute approximate surface area is 107 Å². The van der Waals surface area contributed by atoms with Gasteiger partial charge in [0.15, 0.2) is 0 Å². The van der Waals surface area contributed by atoms with Gasteiger partial charge in [0, 0.05) is 6.42 Å². The van der Waals surface area contributed by atoms with Gasteiger partial charge in [-0.25, -0.2) is 0 Å². The van der Waals surface area contributed by atoms with Gasteiger partial charge < -0.3 is 5.11 Å². The summed E-state index contributed by atoms with van der Waals surface area (Å²) in [5, 5.41) is 8.44. The average Bonchev–Trinajstić information content (AvgIpc) is 2.23. The van der Waals surface area contributed by atoms with Crippen molar-refractivity contribution in [1.29, 1.82) is 0 Å². The van der Waals surface area contributed by atoms with Crippen molar-refractivity contribution in [3.63, 3.8) is 0 Å². The van der Waals surface area contributed by atoms with Crippen molar-refractivity contribution in [2.45, 2.75) is 72.1 Å². The van der Waals surface area contributed by atoms with Crippen molar-refractivity contribution in [2.24, 2.45) is 5.41 Å². The highest BCUT2D eigenvalue weighted by molar-refractivity contribution is 5.66. The minimum absolute atomic E-state index is 0.335. The summed E-state index contributed by atoms with van der Waals surface area (Å²) in [7, 11) is 0. The standard InChI is InChI=1S/C13H26O2.C2H4/c1-13(2,3)11-9-7-5-4-6-8-10-12(14)15;1-2/h4-11H2,1-3H3,(H,14,15);1-2H2. The molecule has 17 heavy (non-hydrogen) atoms. The third-order valence-electron chi connectivity index (χ3n) is 2.57. The van der Waals surface area contributed by atoms with Gasteiger partial charge >= 0.3 is 5.97 Å². The van der Waals surface area contributed by atoms with Crippen molar-refractivity contribution in [3.8, 4) is 0 Å². The molecular formula is C15H30O2. The van der Waals surface area contributed by atoms with Crippen LogP contribution in [0.5, 0.6) is 0 Å². The molecule has 0 unspecified atom stereocenters. The second-order valence-electron chi connectivity index (χ2n) is 5.58. The maximum absolute atomic E-state index is 10.2. The van der Waals surface area contributed by atoms with Gasteiger partial charge in [0.25, 0.3) is 0 Å². The lowest BCUT2D eigenvalue weighted by atomic mass is 9.89. The molecule has 0 fully saturated rings. The normalized spacial score (nSPS) is 10.5. The van der Waals surface area contributed by atoms with Gasteiger partial charge in [0.05, 0.1) is 0 Å². The van der Waals surface area contributed by atoms with Crippen molar-refractivity contribution in [2.75, 3.05) is 0 Å². The Balaban J connectivity index is 0. The fourth-order valence-corrected chi connectivity index (χ4v) is 1.64. The van der Waals surface area contributed by atoms with E-state index in [0.717, 1.165) is 12.8 Å². The van der Waals surface area contributed by atoms with Crippen LogP contribution in [0.3, 0.4) is 0 Å². The van der Waals surface area contributed by atoms with Crippen LogP contribution in [-0.2, 0) is 4.79 Å². The Hall–Kier alpha value is -0.790. The fraction of sp³-hybridized carbons (Fsp3) is 0.800. The molecule has 0 amide bonds. The zero-order chi connectivity index (χ0) is 13.7. The summed E-state index contributed by atoms with van der Waals surface area (Å²) in [5.74, 6) is -0.664. The highest BCUT2D eigenvalue weighted by Gasteiger charge is 2.08. The van der Waals surface area contributed by atoms with Crippen LogP contribution in [0, 0.1) is 5.41 Å². The first-order valence-electron chi connectivity index (χ1n) is 6.63. The van der Waals surface area contributed by atoms with E-state index in [0.29, 0.717) is 11.8 Å². The minimum atomic E-state index is -0.664. The molecule has 0 aromatic carbocycles. The van der Waals surface area contributed by atoms with Crippen molar-refractivity contribution < 1.29 is 9.90 Å². The van der Waals surface area contributed by atoms with E-state index in [1.165, 1.54) is 32.1 Å². The second-order valence-corrected chi connectivity index (χ2v) is 5.58. The Bertz CT molecular complexity index is 180. The van der Waals surface area contributed by atoms with Gasteiger partial charge in [-0.1, -0.05) is 52.9 Å². The van der Waals surface area contributed by atoms with E-state index in [9.17, 15) is 4.79 Å². The molecule has 0 rings (SSSR count). The number of carboxylic acids is 1. The van der Waals surface area contributed by atoms with E-state index in [4.69, 9.17) is 5.11 Å². The minimum Gasteiger partial charge on any atom is -0.481 e. The van der Waals surface area contributed by atoms with Crippen LogP contribution < -0.4 is 0 Å². The second kappa shape index (κ2) is 11.7. The summed E-state index contributed by atoms with van der Waals surface area (Å²) < 4.78 is 0. The first-order valence-corrected chi connectivity index (χ1v) is 6.63. The van der Waals surface area contributed by atoms with Crippen molar-refractivity contribution in [1.82, 2.24) is 0 Å². The van der Waals surface area contributed by atoms with Crippen LogP contribution in [0.2, 0.25) is 0 Å². The molecular weight excluding hydrogens is 212 g/mol. The molecule has 102 valence electrons. The summed E-state index contributed by atoms with van der Waals surface area (Å²) in [6, 6.07) is 0.